The van der Waals surface area contributed by atoms with Crippen molar-refractivity contribution in [2.45, 2.75) is 44.9 Å². The Labute approximate surface area is 123 Å². The van der Waals surface area contributed by atoms with E-state index in [0.29, 0.717) is 29.9 Å². The predicted molar refractivity (Wildman–Crippen MR) is 78.8 cm³/mol. The highest BCUT2D eigenvalue weighted by Crippen LogP contribution is 2.23. The fourth-order valence-electron chi connectivity index (χ4n) is 2.20. The largest absolute Gasteiger partial charge is 0.339 e. The number of carbonyl (C=O) groups is 1. The van der Waals surface area contributed by atoms with Gasteiger partial charge in [0, 0.05) is 36.6 Å². The third-order valence-electron chi connectivity index (χ3n) is 3.56. The molecule has 6 nitrogen and oxygen atoms in total. The molecule has 2 atom stereocenters. The number of rotatable bonds is 4. The number of hydrogen-bond donors (Lipinski definition) is 1. The minimum Gasteiger partial charge on any atom is -0.339 e. The van der Waals surface area contributed by atoms with Gasteiger partial charge in [-0.25, -0.2) is 4.79 Å². The van der Waals surface area contributed by atoms with E-state index in [9.17, 15) is 4.79 Å². The highest BCUT2D eigenvalue weighted by Gasteiger charge is 2.28. The monoisotopic (exact) mass is 298 g/mol. The molecule has 1 fully saturated rings. The molecule has 0 aliphatic carbocycles. The number of nitrogens with one attached hydrogen (secondary N) is 1. The molecule has 1 N–H and O–H groups in total. The van der Waals surface area contributed by atoms with Crippen LogP contribution in [0.2, 0.25) is 0 Å². The number of urea groups is 1. The standard InChI is InChI=1S/C13H22N4O2S/c1-9-10(2)20-8-7-17(9)13(18)14-6-4-5-12-15-11(3)16-19-12/h9-10H,4-8H2,1-3H3,(H,14,18)/t9-,10-/m1/s1. The van der Waals surface area contributed by atoms with Gasteiger partial charge in [-0.1, -0.05) is 12.1 Å². The first-order chi connectivity index (χ1) is 9.58. The van der Waals surface area contributed by atoms with Gasteiger partial charge in [-0.2, -0.15) is 16.7 Å². The van der Waals surface area contributed by atoms with Gasteiger partial charge in [-0.05, 0) is 20.3 Å². The average molecular weight is 298 g/mol. The van der Waals surface area contributed by atoms with Crippen molar-refractivity contribution in [1.29, 1.82) is 0 Å². The molecule has 0 bridgehead atoms. The number of hydrogen-bond acceptors (Lipinski definition) is 5. The summed E-state index contributed by atoms with van der Waals surface area (Å²) in [4.78, 5) is 18.2. The minimum absolute atomic E-state index is 0.0337. The lowest BCUT2D eigenvalue weighted by Gasteiger charge is -2.37. The lowest BCUT2D eigenvalue weighted by molar-refractivity contribution is 0.180. The lowest BCUT2D eigenvalue weighted by atomic mass is 10.2. The SMILES string of the molecule is Cc1noc(CCCNC(=O)N2CCS[C@H](C)[C@H]2C)n1. The Bertz CT molecular complexity index is 451. The predicted octanol–water partition coefficient (Wildman–Crippen LogP) is 1.85. The van der Waals surface area contributed by atoms with Crippen molar-refractivity contribution in [3.8, 4) is 0 Å². The van der Waals surface area contributed by atoms with Gasteiger partial charge in [-0.3, -0.25) is 0 Å². The number of aromatic nitrogens is 2. The van der Waals surface area contributed by atoms with Gasteiger partial charge in [-0.15, -0.1) is 0 Å². The zero-order valence-corrected chi connectivity index (χ0v) is 13.1. The highest BCUT2D eigenvalue weighted by molar-refractivity contribution is 8.00. The Morgan fingerprint density at radius 2 is 2.35 bits per heavy atom. The van der Waals surface area contributed by atoms with E-state index in [4.69, 9.17) is 4.52 Å². The zero-order valence-electron chi connectivity index (χ0n) is 12.3. The summed E-state index contributed by atoms with van der Waals surface area (Å²) in [5.41, 5.74) is 0. The summed E-state index contributed by atoms with van der Waals surface area (Å²) in [6, 6.07) is 0.318. The molecule has 0 radical (unpaired) electrons. The molecule has 1 aliphatic rings. The van der Waals surface area contributed by atoms with Gasteiger partial charge in [0.25, 0.3) is 0 Å². The van der Waals surface area contributed by atoms with Gasteiger partial charge in [0.05, 0.1) is 0 Å². The Morgan fingerprint density at radius 3 is 3.05 bits per heavy atom. The van der Waals surface area contributed by atoms with Crippen molar-refractivity contribution >= 4 is 17.8 Å². The third-order valence-corrected chi connectivity index (χ3v) is 4.90. The molecule has 2 rings (SSSR count). The summed E-state index contributed by atoms with van der Waals surface area (Å²) in [6.07, 6.45) is 1.50. The maximum Gasteiger partial charge on any atom is 0.317 e. The van der Waals surface area contributed by atoms with Gasteiger partial charge < -0.3 is 14.7 Å². The number of carbonyl (C=O) groups excluding carboxylic acids is 1. The van der Waals surface area contributed by atoms with Crippen LogP contribution in [0.5, 0.6) is 0 Å². The molecule has 0 saturated carbocycles. The van der Waals surface area contributed by atoms with Crippen LogP contribution in [0, 0.1) is 6.92 Å². The van der Waals surface area contributed by atoms with Crippen molar-refractivity contribution in [2.75, 3.05) is 18.8 Å². The first kappa shape index (κ1) is 15.2. The fourth-order valence-corrected chi connectivity index (χ4v) is 3.30. The van der Waals surface area contributed by atoms with Crippen LogP contribution >= 0.6 is 11.8 Å². The van der Waals surface area contributed by atoms with E-state index in [1.807, 2.05) is 16.7 Å². The second kappa shape index (κ2) is 6.97. The molecule has 1 aromatic heterocycles. The van der Waals surface area contributed by atoms with Crippen molar-refractivity contribution in [3.63, 3.8) is 0 Å². The van der Waals surface area contributed by atoms with Crippen molar-refractivity contribution in [1.82, 2.24) is 20.4 Å². The Kier molecular flexibility index (Phi) is 5.28. The highest BCUT2D eigenvalue weighted by atomic mass is 32.2. The molecule has 112 valence electrons. The summed E-state index contributed by atoms with van der Waals surface area (Å²) in [5, 5.41) is 7.20. The van der Waals surface area contributed by atoms with Crippen LogP contribution < -0.4 is 5.32 Å². The molecule has 2 heterocycles. The first-order valence-corrected chi connectivity index (χ1v) is 8.08. The topological polar surface area (TPSA) is 71.3 Å². The van der Waals surface area contributed by atoms with Crippen molar-refractivity contribution in [3.05, 3.63) is 11.7 Å². The van der Waals surface area contributed by atoms with E-state index in [2.05, 4.69) is 29.3 Å². The van der Waals surface area contributed by atoms with Crippen molar-refractivity contribution < 1.29 is 9.32 Å². The summed E-state index contributed by atoms with van der Waals surface area (Å²) in [6.45, 7) is 7.53. The van der Waals surface area contributed by atoms with Crippen LogP contribution in [-0.4, -0.2) is 51.2 Å². The molecule has 0 spiro atoms. The molecular formula is C13H22N4O2S. The number of nitrogens with zero attached hydrogens (tertiary/aromatic N) is 3. The quantitative estimate of drug-likeness (QED) is 0.859. The summed E-state index contributed by atoms with van der Waals surface area (Å²) >= 11 is 1.93. The van der Waals surface area contributed by atoms with E-state index >= 15 is 0 Å². The molecule has 20 heavy (non-hydrogen) atoms. The van der Waals surface area contributed by atoms with Gasteiger partial charge in [0.1, 0.15) is 0 Å². The summed E-state index contributed by atoms with van der Waals surface area (Å²) in [5.74, 6) is 2.30. The van der Waals surface area contributed by atoms with Gasteiger partial charge in [0.2, 0.25) is 5.89 Å². The molecule has 1 aromatic rings. The van der Waals surface area contributed by atoms with E-state index in [1.54, 1.807) is 6.92 Å². The number of thioether (sulfide) groups is 1. The van der Waals surface area contributed by atoms with E-state index in [0.717, 1.165) is 18.7 Å². The molecule has 1 aliphatic heterocycles. The third kappa shape index (κ3) is 3.88. The second-order valence-electron chi connectivity index (χ2n) is 5.08. The van der Waals surface area contributed by atoms with Crippen LogP contribution in [-0.2, 0) is 6.42 Å². The maximum absolute atomic E-state index is 12.1. The van der Waals surface area contributed by atoms with E-state index < -0.39 is 0 Å². The van der Waals surface area contributed by atoms with Crippen LogP contribution in [0.3, 0.4) is 0 Å². The summed E-state index contributed by atoms with van der Waals surface area (Å²) in [7, 11) is 0. The zero-order chi connectivity index (χ0) is 14.5. The van der Waals surface area contributed by atoms with E-state index in [1.165, 1.54) is 0 Å². The van der Waals surface area contributed by atoms with Crippen molar-refractivity contribution in [2.24, 2.45) is 0 Å². The minimum atomic E-state index is 0.0337. The smallest absolute Gasteiger partial charge is 0.317 e. The Balaban J connectivity index is 1.69. The average Bonchev–Trinajstić information content (AvgIpc) is 2.83. The second-order valence-corrected chi connectivity index (χ2v) is 6.57. The van der Waals surface area contributed by atoms with Crippen LogP contribution in [0.4, 0.5) is 4.79 Å². The normalized spacial score (nSPS) is 22.9. The van der Waals surface area contributed by atoms with Gasteiger partial charge in [0.15, 0.2) is 5.82 Å². The van der Waals surface area contributed by atoms with Crippen LogP contribution in [0.1, 0.15) is 32.0 Å². The molecule has 1 saturated heterocycles. The molecule has 0 unspecified atom stereocenters. The van der Waals surface area contributed by atoms with Gasteiger partial charge >= 0.3 is 6.03 Å². The first-order valence-electron chi connectivity index (χ1n) is 7.03. The molecule has 0 aromatic carbocycles. The molecule has 7 heteroatoms. The van der Waals surface area contributed by atoms with E-state index in [-0.39, 0.29) is 12.1 Å². The Morgan fingerprint density at radius 1 is 1.55 bits per heavy atom. The lowest BCUT2D eigenvalue weighted by Crippen LogP contribution is -2.52. The maximum atomic E-state index is 12.1. The summed E-state index contributed by atoms with van der Waals surface area (Å²) < 4.78 is 5.03. The van der Waals surface area contributed by atoms with Crippen LogP contribution in [0.15, 0.2) is 4.52 Å². The number of aryl methyl sites for hydroxylation is 2. The molecule has 2 amide bonds. The number of amides is 2. The Hall–Kier alpha value is -1.24. The van der Waals surface area contributed by atoms with Crippen LogP contribution in [0.25, 0.3) is 0 Å². The molecular weight excluding hydrogens is 276 g/mol. The fraction of sp³-hybridized carbons (Fsp3) is 0.769.